The zero-order valence-electron chi connectivity index (χ0n) is 12.7. The number of nitrogens with zero attached hydrogens (tertiary/aromatic N) is 1. The first kappa shape index (κ1) is 15.6. The number of hydrogen-bond donors (Lipinski definition) is 1. The van der Waals surface area contributed by atoms with Gasteiger partial charge in [-0.05, 0) is 29.8 Å². The van der Waals surface area contributed by atoms with Crippen LogP contribution in [0.3, 0.4) is 0 Å². The van der Waals surface area contributed by atoms with Crippen LogP contribution < -0.4 is 10.1 Å². The molecule has 2 rings (SSSR count). The van der Waals surface area contributed by atoms with Crippen LogP contribution in [0.15, 0.2) is 67.3 Å². The van der Waals surface area contributed by atoms with Crippen molar-refractivity contribution in [1.82, 2.24) is 4.90 Å². The van der Waals surface area contributed by atoms with Crippen LogP contribution >= 0.6 is 0 Å². The van der Waals surface area contributed by atoms with Crippen molar-refractivity contribution in [1.29, 1.82) is 0 Å². The Hall–Kier alpha value is -2.75. The molecule has 22 heavy (non-hydrogen) atoms. The summed E-state index contributed by atoms with van der Waals surface area (Å²) in [5, 5.41) is 2.88. The van der Waals surface area contributed by atoms with Gasteiger partial charge in [0.05, 0.1) is 7.11 Å². The minimum atomic E-state index is -0.151. The van der Waals surface area contributed by atoms with E-state index in [2.05, 4.69) is 11.9 Å². The minimum Gasteiger partial charge on any atom is -0.497 e. The van der Waals surface area contributed by atoms with Crippen LogP contribution in [0.1, 0.15) is 5.56 Å². The third-order valence-corrected chi connectivity index (χ3v) is 3.19. The zero-order valence-corrected chi connectivity index (χ0v) is 12.7. The topological polar surface area (TPSA) is 41.6 Å². The third-order valence-electron chi connectivity index (χ3n) is 3.19. The Morgan fingerprint density at radius 3 is 2.45 bits per heavy atom. The Bertz CT molecular complexity index is 609. The summed E-state index contributed by atoms with van der Waals surface area (Å²) < 4.78 is 5.14. The van der Waals surface area contributed by atoms with Crippen LogP contribution in [0, 0.1) is 0 Å². The Labute approximate surface area is 131 Å². The number of amides is 2. The number of nitrogens with one attached hydrogen (secondary N) is 1. The second kappa shape index (κ2) is 7.88. The van der Waals surface area contributed by atoms with Gasteiger partial charge in [0, 0.05) is 18.8 Å². The molecule has 0 saturated heterocycles. The van der Waals surface area contributed by atoms with Gasteiger partial charge in [-0.25, -0.2) is 4.79 Å². The largest absolute Gasteiger partial charge is 0.497 e. The van der Waals surface area contributed by atoms with E-state index in [1.165, 1.54) is 0 Å². The van der Waals surface area contributed by atoms with E-state index in [4.69, 9.17) is 4.74 Å². The van der Waals surface area contributed by atoms with Crippen LogP contribution in [0.4, 0.5) is 10.5 Å². The Balaban J connectivity index is 2.04. The molecule has 0 fully saturated rings. The molecule has 2 amide bonds. The SMILES string of the molecule is C=CCN(Cc1ccc(OC)cc1)C(=O)Nc1ccccc1. The molecule has 2 aromatic rings. The molecule has 0 aliphatic carbocycles. The Kier molecular flexibility index (Phi) is 5.60. The fourth-order valence-electron chi connectivity index (χ4n) is 2.05. The quantitative estimate of drug-likeness (QED) is 0.821. The number of carbonyl (C=O) groups is 1. The summed E-state index contributed by atoms with van der Waals surface area (Å²) in [6.45, 7) is 4.70. The van der Waals surface area contributed by atoms with E-state index in [9.17, 15) is 4.79 Å². The van der Waals surface area contributed by atoms with Crippen molar-refractivity contribution in [3.05, 3.63) is 72.8 Å². The van der Waals surface area contributed by atoms with Crippen molar-refractivity contribution in [3.63, 3.8) is 0 Å². The van der Waals surface area contributed by atoms with Crippen LogP contribution in [0.2, 0.25) is 0 Å². The molecule has 0 aromatic heterocycles. The average molecular weight is 296 g/mol. The van der Waals surface area contributed by atoms with E-state index >= 15 is 0 Å². The molecule has 0 spiro atoms. The lowest BCUT2D eigenvalue weighted by Crippen LogP contribution is -2.34. The molecule has 114 valence electrons. The molecule has 4 nitrogen and oxygen atoms in total. The van der Waals surface area contributed by atoms with Crippen molar-refractivity contribution < 1.29 is 9.53 Å². The number of rotatable bonds is 6. The molecule has 4 heteroatoms. The average Bonchev–Trinajstić information content (AvgIpc) is 2.56. The number of carbonyl (C=O) groups excluding carboxylic acids is 1. The zero-order chi connectivity index (χ0) is 15.8. The molecule has 1 N–H and O–H groups in total. The fourth-order valence-corrected chi connectivity index (χ4v) is 2.05. The van der Waals surface area contributed by atoms with Gasteiger partial charge in [-0.2, -0.15) is 0 Å². The first-order chi connectivity index (χ1) is 10.7. The first-order valence-electron chi connectivity index (χ1n) is 7.07. The molecule has 0 heterocycles. The van der Waals surface area contributed by atoms with Gasteiger partial charge in [0.1, 0.15) is 5.75 Å². The maximum absolute atomic E-state index is 12.4. The number of hydrogen-bond acceptors (Lipinski definition) is 2. The number of benzene rings is 2. The van der Waals surface area contributed by atoms with Crippen molar-refractivity contribution >= 4 is 11.7 Å². The molecule has 0 bridgehead atoms. The van der Waals surface area contributed by atoms with Gasteiger partial charge in [0.2, 0.25) is 0 Å². The number of ether oxygens (including phenoxy) is 1. The van der Waals surface area contributed by atoms with Crippen LogP contribution in [0.5, 0.6) is 5.75 Å². The van der Waals surface area contributed by atoms with Gasteiger partial charge >= 0.3 is 6.03 Å². The highest BCUT2D eigenvalue weighted by atomic mass is 16.5. The van der Waals surface area contributed by atoms with E-state index in [-0.39, 0.29) is 6.03 Å². The standard InChI is InChI=1S/C18H20N2O2/c1-3-13-20(14-15-9-11-17(22-2)12-10-15)18(21)19-16-7-5-4-6-8-16/h3-12H,1,13-14H2,2H3,(H,19,21). The third kappa shape index (κ3) is 4.38. The molecule has 0 aliphatic rings. The van der Waals surface area contributed by atoms with E-state index in [0.717, 1.165) is 17.0 Å². The summed E-state index contributed by atoms with van der Waals surface area (Å²) >= 11 is 0. The lowest BCUT2D eigenvalue weighted by Gasteiger charge is -2.22. The van der Waals surface area contributed by atoms with Gasteiger partial charge in [-0.1, -0.05) is 36.4 Å². The Morgan fingerprint density at radius 2 is 1.86 bits per heavy atom. The summed E-state index contributed by atoms with van der Waals surface area (Å²) in [7, 11) is 1.63. The molecule has 2 aromatic carbocycles. The van der Waals surface area contributed by atoms with Gasteiger partial charge < -0.3 is 15.0 Å². The molecular formula is C18H20N2O2. The summed E-state index contributed by atoms with van der Waals surface area (Å²) in [6.07, 6.45) is 1.72. The van der Waals surface area contributed by atoms with Crippen LogP contribution in [-0.4, -0.2) is 24.6 Å². The number of methoxy groups -OCH3 is 1. The molecule has 0 atom stereocenters. The highest BCUT2D eigenvalue weighted by molar-refractivity contribution is 5.89. The predicted octanol–water partition coefficient (Wildman–Crippen LogP) is 3.92. The van der Waals surface area contributed by atoms with E-state index in [1.807, 2.05) is 54.6 Å². The summed E-state index contributed by atoms with van der Waals surface area (Å²) in [4.78, 5) is 14.1. The van der Waals surface area contributed by atoms with Crippen molar-refractivity contribution in [2.45, 2.75) is 6.54 Å². The van der Waals surface area contributed by atoms with Crippen molar-refractivity contribution in [3.8, 4) is 5.75 Å². The van der Waals surface area contributed by atoms with Gasteiger partial charge in [0.25, 0.3) is 0 Å². The lowest BCUT2D eigenvalue weighted by atomic mass is 10.2. The van der Waals surface area contributed by atoms with Crippen molar-refractivity contribution in [2.75, 3.05) is 19.0 Å². The second-order valence-electron chi connectivity index (χ2n) is 4.81. The van der Waals surface area contributed by atoms with E-state index in [1.54, 1.807) is 18.1 Å². The first-order valence-corrected chi connectivity index (χ1v) is 7.07. The van der Waals surface area contributed by atoms with Crippen LogP contribution in [-0.2, 0) is 6.54 Å². The summed E-state index contributed by atoms with van der Waals surface area (Å²) in [5.74, 6) is 0.799. The highest BCUT2D eigenvalue weighted by Crippen LogP contribution is 2.14. The van der Waals surface area contributed by atoms with Gasteiger partial charge in [0.15, 0.2) is 0 Å². The lowest BCUT2D eigenvalue weighted by molar-refractivity contribution is 0.215. The normalized spacial score (nSPS) is 9.86. The monoisotopic (exact) mass is 296 g/mol. The molecule has 0 radical (unpaired) electrons. The van der Waals surface area contributed by atoms with Crippen LogP contribution in [0.25, 0.3) is 0 Å². The van der Waals surface area contributed by atoms with Gasteiger partial charge in [-0.3, -0.25) is 0 Å². The molecular weight excluding hydrogens is 276 g/mol. The summed E-state index contributed by atoms with van der Waals surface area (Å²) in [6, 6.07) is 16.9. The molecule has 0 aliphatic heterocycles. The number of para-hydroxylation sites is 1. The van der Waals surface area contributed by atoms with E-state index in [0.29, 0.717) is 13.1 Å². The van der Waals surface area contributed by atoms with Gasteiger partial charge in [-0.15, -0.1) is 6.58 Å². The Morgan fingerprint density at radius 1 is 1.18 bits per heavy atom. The predicted molar refractivity (Wildman–Crippen MR) is 89.1 cm³/mol. The summed E-state index contributed by atoms with van der Waals surface area (Å²) in [5.41, 5.74) is 1.81. The molecule has 0 saturated carbocycles. The second-order valence-corrected chi connectivity index (χ2v) is 4.81. The number of anilines is 1. The highest BCUT2D eigenvalue weighted by Gasteiger charge is 2.12. The maximum Gasteiger partial charge on any atom is 0.322 e. The number of urea groups is 1. The maximum atomic E-state index is 12.4. The van der Waals surface area contributed by atoms with Crippen molar-refractivity contribution in [2.24, 2.45) is 0 Å². The minimum absolute atomic E-state index is 0.151. The van der Waals surface area contributed by atoms with E-state index < -0.39 is 0 Å². The fraction of sp³-hybridized carbons (Fsp3) is 0.167. The molecule has 0 unspecified atom stereocenters. The smallest absolute Gasteiger partial charge is 0.322 e.